The Hall–Kier alpha value is -2.11. The Morgan fingerprint density at radius 1 is 1.17 bits per heavy atom. The number of rotatable bonds is 4. The molecular weight excluding hydrogens is 294 g/mol. The SMILES string of the molecule is CC(C)c1cc([C@H]2CCCN2C(=O)c2cc(C3CC3)on2)on1. The standard InChI is InChI=1S/C17H21N3O3/c1-10(2)12-8-16(23-18-12)14-4-3-7-20(14)17(21)13-9-15(22-19-13)11-5-6-11/h8-11,14H,3-7H2,1-2H3/t14-/m1/s1. The van der Waals surface area contributed by atoms with Crippen molar-refractivity contribution in [3.05, 3.63) is 35.0 Å². The van der Waals surface area contributed by atoms with Crippen molar-refractivity contribution in [3.63, 3.8) is 0 Å². The minimum absolute atomic E-state index is 0.0522. The molecule has 2 aromatic heterocycles. The number of aromatic nitrogens is 2. The van der Waals surface area contributed by atoms with Gasteiger partial charge in [0.05, 0.1) is 11.7 Å². The van der Waals surface area contributed by atoms with Crippen LogP contribution in [0.3, 0.4) is 0 Å². The van der Waals surface area contributed by atoms with Crippen molar-refractivity contribution in [1.82, 2.24) is 15.2 Å². The number of hydrogen-bond acceptors (Lipinski definition) is 5. The third-order valence-corrected chi connectivity index (χ3v) is 4.71. The first-order valence-corrected chi connectivity index (χ1v) is 8.37. The lowest BCUT2D eigenvalue weighted by molar-refractivity contribution is 0.0704. The van der Waals surface area contributed by atoms with Crippen molar-refractivity contribution in [3.8, 4) is 0 Å². The van der Waals surface area contributed by atoms with E-state index in [9.17, 15) is 4.79 Å². The molecule has 2 aromatic rings. The third kappa shape index (κ3) is 2.66. The van der Waals surface area contributed by atoms with E-state index in [0.717, 1.165) is 42.9 Å². The van der Waals surface area contributed by atoms with Crippen LogP contribution in [0.1, 0.15) is 85.1 Å². The highest BCUT2D eigenvalue weighted by atomic mass is 16.5. The zero-order chi connectivity index (χ0) is 16.0. The Labute approximate surface area is 134 Å². The highest BCUT2D eigenvalue weighted by Gasteiger charge is 2.36. The Morgan fingerprint density at radius 2 is 1.96 bits per heavy atom. The second-order valence-electron chi connectivity index (χ2n) is 6.85. The summed E-state index contributed by atoms with van der Waals surface area (Å²) in [5.74, 6) is 2.30. The fourth-order valence-corrected chi connectivity index (χ4v) is 3.14. The molecule has 1 amide bonds. The zero-order valence-electron chi connectivity index (χ0n) is 13.5. The number of amides is 1. The van der Waals surface area contributed by atoms with E-state index >= 15 is 0 Å². The molecule has 0 bridgehead atoms. The highest BCUT2D eigenvalue weighted by Crippen LogP contribution is 2.40. The van der Waals surface area contributed by atoms with Crippen molar-refractivity contribution in [2.45, 2.75) is 57.4 Å². The van der Waals surface area contributed by atoms with E-state index < -0.39 is 0 Å². The lowest BCUT2D eigenvalue weighted by atomic mass is 10.1. The molecule has 6 nitrogen and oxygen atoms in total. The van der Waals surface area contributed by atoms with Crippen LogP contribution < -0.4 is 0 Å². The van der Waals surface area contributed by atoms with Crippen LogP contribution in [0.2, 0.25) is 0 Å². The number of carbonyl (C=O) groups is 1. The van der Waals surface area contributed by atoms with Gasteiger partial charge in [0, 0.05) is 24.6 Å². The number of hydrogen-bond donors (Lipinski definition) is 0. The van der Waals surface area contributed by atoms with Crippen LogP contribution in [0.25, 0.3) is 0 Å². The van der Waals surface area contributed by atoms with Gasteiger partial charge in [-0.2, -0.15) is 0 Å². The summed E-state index contributed by atoms with van der Waals surface area (Å²) in [6.45, 7) is 4.87. The monoisotopic (exact) mass is 315 g/mol. The lowest BCUT2D eigenvalue weighted by Gasteiger charge is -2.21. The Morgan fingerprint density at radius 3 is 2.65 bits per heavy atom. The van der Waals surface area contributed by atoms with Crippen molar-refractivity contribution in [2.75, 3.05) is 6.54 Å². The second-order valence-corrected chi connectivity index (χ2v) is 6.85. The van der Waals surface area contributed by atoms with Crippen LogP contribution in [-0.2, 0) is 0 Å². The van der Waals surface area contributed by atoms with Gasteiger partial charge in [-0.05, 0) is 31.6 Å². The summed E-state index contributed by atoms with van der Waals surface area (Å²) in [6.07, 6.45) is 4.11. The smallest absolute Gasteiger partial charge is 0.276 e. The van der Waals surface area contributed by atoms with E-state index in [1.165, 1.54) is 0 Å². The topological polar surface area (TPSA) is 72.4 Å². The molecule has 2 fully saturated rings. The van der Waals surface area contributed by atoms with Gasteiger partial charge in [0.1, 0.15) is 5.76 Å². The average Bonchev–Trinajstić information content (AvgIpc) is 3.02. The van der Waals surface area contributed by atoms with E-state index in [2.05, 4.69) is 24.2 Å². The molecule has 6 heteroatoms. The van der Waals surface area contributed by atoms with Gasteiger partial charge in [-0.3, -0.25) is 4.79 Å². The molecule has 122 valence electrons. The first-order chi connectivity index (χ1) is 11.1. The molecule has 0 unspecified atom stereocenters. The first kappa shape index (κ1) is 14.5. The molecule has 0 spiro atoms. The number of likely N-dealkylation sites (tertiary alicyclic amines) is 1. The van der Waals surface area contributed by atoms with Gasteiger partial charge in [0.25, 0.3) is 5.91 Å². The van der Waals surface area contributed by atoms with Gasteiger partial charge >= 0.3 is 0 Å². The summed E-state index contributed by atoms with van der Waals surface area (Å²) in [7, 11) is 0. The molecule has 1 atom stereocenters. The Balaban J connectivity index is 1.54. The van der Waals surface area contributed by atoms with E-state index in [1.807, 2.05) is 11.0 Å². The fourth-order valence-electron chi connectivity index (χ4n) is 3.14. The maximum atomic E-state index is 12.8. The summed E-state index contributed by atoms with van der Waals surface area (Å²) in [4.78, 5) is 14.6. The van der Waals surface area contributed by atoms with Crippen molar-refractivity contribution in [2.24, 2.45) is 0 Å². The van der Waals surface area contributed by atoms with Gasteiger partial charge in [-0.15, -0.1) is 0 Å². The van der Waals surface area contributed by atoms with Gasteiger partial charge in [-0.1, -0.05) is 24.2 Å². The largest absolute Gasteiger partial charge is 0.360 e. The molecule has 0 aromatic carbocycles. The molecule has 1 saturated carbocycles. The van der Waals surface area contributed by atoms with Crippen LogP contribution >= 0.6 is 0 Å². The van der Waals surface area contributed by atoms with Crippen molar-refractivity contribution >= 4 is 5.91 Å². The van der Waals surface area contributed by atoms with Crippen LogP contribution in [-0.4, -0.2) is 27.7 Å². The first-order valence-electron chi connectivity index (χ1n) is 8.37. The van der Waals surface area contributed by atoms with E-state index in [0.29, 0.717) is 24.1 Å². The molecule has 0 N–H and O–H groups in total. The number of nitrogens with zero attached hydrogens (tertiary/aromatic N) is 3. The minimum atomic E-state index is -0.0781. The van der Waals surface area contributed by atoms with Gasteiger partial charge < -0.3 is 13.9 Å². The van der Waals surface area contributed by atoms with Crippen molar-refractivity contribution < 1.29 is 13.8 Å². The molecule has 1 aliphatic carbocycles. The highest BCUT2D eigenvalue weighted by molar-refractivity contribution is 5.92. The maximum absolute atomic E-state index is 12.8. The maximum Gasteiger partial charge on any atom is 0.276 e. The molecule has 1 aliphatic heterocycles. The van der Waals surface area contributed by atoms with Crippen LogP contribution in [0.4, 0.5) is 0 Å². The molecule has 0 radical (unpaired) electrons. The molecule has 1 saturated heterocycles. The fraction of sp³-hybridized carbons (Fsp3) is 0.588. The third-order valence-electron chi connectivity index (χ3n) is 4.71. The predicted octanol–water partition coefficient (Wildman–Crippen LogP) is 3.64. The molecule has 23 heavy (non-hydrogen) atoms. The van der Waals surface area contributed by atoms with E-state index in [4.69, 9.17) is 9.05 Å². The second kappa shape index (κ2) is 5.51. The van der Waals surface area contributed by atoms with Crippen LogP contribution in [0.15, 0.2) is 21.2 Å². The predicted molar refractivity (Wildman–Crippen MR) is 82.1 cm³/mol. The Kier molecular flexibility index (Phi) is 3.47. The molecule has 3 heterocycles. The molecule has 4 rings (SSSR count). The Bertz CT molecular complexity index is 714. The average molecular weight is 315 g/mol. The van der Waals surface area contributed by atoms with Crippen molar-refractivity contribution in [1.29, 1.82) is 0 Å². The minimum Gasteiger partial charge on any atom is -0.360 e. The van der Waals surface area contributed by atoms with E-state index in [1.54, 1.807) is 6.07 Å². The summed E-state index contributed by atoms with van der Waals surface area (Å²) < 4.78 is 10.8. The summed E-state index contributed by atoms with van der Waals surface area (Å²) in [5, 5.41) is 8.09. The molecule has 2 aliphatic rings. The summed E-state index contributed by atoms with van der Waals surface area (Å²) in [5.41, 5.74) is 1.33. The normalized spacial score (nSPS) is 21.3. The summed E-state index contributed by atoms with van der Waals surface area (Å²) in [6, 6.07) is 3.72. The van der Waals surface area contributed by atoms with Gasteiger partial charge in [0.15, 0.2) is 11.5 Å². The van der Waals surface area contributed by atoms with Gasteiger partial charge in [0.2, 0.25) is 0 Å². The lowest BCUT2D eigenvalue weighted by Crippen LogP contribution is -2.30. The van der Waals surface area contributed by atoms with Crippen LogP contribution in [0.5, 0.6) is 0 Å². The molecular formula is C17H21N3O3. The quantitative estimate of drug-likeness (QED) is 0.861. The van der Waals surface area contributed by atoms with Gasteiger partial charge in [-0.25, -0.2) is 0 Å². The number of carbonyl (C=O) groups excluding carboxylic acids is 1. The van der Waals surface area contributed by atoms with E-state index in [-0.39, 0.29) is 11.9 Å². The zero-order valence-corrected chi connectivity index (χ0v) is 13.5. The van der Waals surface area contributed by atoms with Crippen LogP contribution in [0, 0.1) is 0 Å². The summed E-state index contributed by atoms with van der Waals surface area (Å²) >= 11 is 0.